The minimum Gasteiger partial charge on any atom is -0.349 e. The number of para-hydroxylation sites is 1. The van der Waals surface area contributed by atoms with Gasteiger partial charge in [0.2, 0.25) is 0 Å². The van der Waals surface area contributed by atoms with E-state index in [1.165, 1.54) is 0 Å². The molecule has 0 bridgehead atoms. The Kier molecular flexibility index (Phi) is 5.96. The maximum absolute atomic E-state index is 13.5. The number of hydrogen-bond donors (Lipinski definition) is 1. The number of pyridine rings is 1. The number of halogens is 2. The van der Waals surface area contributed by atoms with Crippen LogP contribution in [0.1, 0.15) is 37.0 Å². The molecule has 1 amide bonds. The van der Waals surface area contributed by atoms with Gasteiger partial charge in [-0.15, -0.1) is 5.10 Å². The molecule has 1 saturated carbocycles. The van der Waals surface area contributed by atoms with Crippen molar-refractivity contribution < 1.29 is 4.79 Å². The van der Waals surface area contributed by atoms with E-state index in [9.17, 15) is 9.59 Å². The number of fused-ring (bicyclic) bond motifs is 1. The van der Waals surface area contributed by atoms with Gasteiger partial charge in [-0.3, -0.25) is 14.2 Å². The summed E-state index contributed by atoms with van der Waals surface area (Å²) < 4.78 is 3.35. The summed E-state index contributed by atoms with van der Waals surface area (Å²) in [6.45, 7) is 4.49. The Morgan fingerprint density at radius 2 is 1.82 bits per heavy atom. The normalized spacial score (nSPS) is 13.6. The second-order valence-electron chi connectivity index (χ2n) is 9.07. The van der Waals surface area contributed by atoms with Crippen molar-refractivity contribution in [3.63, 3.8) is 0 Å². The second kappa shape index (κ2) is 8.93. The van der Waals surface area contributed by atoms with E-state index in [4.69, 9.17) is 28.3 Å². The maximum atomic E-state index is 13.5. The monoisotopic (exact) mass is 494 g/mol. The lowest BCUT2D eigenvalue weighted by Crippen LogP contribution is -2.34. The summed E-state index contributed by atoms with van der Waals surface area (Å²) >= 11 is 12.7. The van der Waals surface area contributed by atoms with E-state index >= 15 is 0 Å². The molecule has 1 aliphatic carbocycles. The summed E-state index contributed by atoms with van der Waals surface area (Å²) in [6.07, 6.45) is 1.88. The van der Waals surface area contributed by atoms with Gasteiger partial charge in [-0.25, -0.2) is 4.68 Å². The molecule has 8 heteroatoms. The molecule has 1 fully saturated rings. The van der Waals surface area contributed by atoms with E-state index in [0.29, 0.717) is 33.3 Å². The molecule has 34 heavy (non-hydrogen) atoms. The Labute approximate surface area is 207 Å². The molecule has 2 aromatic carbocycles. The lowest BCUT2D eigenvalue weighted by molar-refractivity contribution is 0.0949. The van der Waals surface area contributed by atoms with Crippen LogP contribution in [0.4, 0.5) is 0 Å². The average Bonchev–Trinajstić information content (AvgIpc) is 3.54. The van der Waals surface area contributed by atoms with Crippen molar-refractivity contribution in [1.29, 1.82) is 0 Å². The average molecular weight is 495 g/mol. The van der Waals surface area contributed by atoms with Crippen LogP contribution >= 0.6 is 23.2 Å². The van der Waals surface area contributed by atoms with Gasteiger partial charge in [0.05, 0.1) is 16.4 Å². The molecular formula is C26H24Cl2N4O2. The number of carbonyl (C=O) groups excluding carboxylic acids is 1. The van der Waals surface area contributed by atoms with Crippen LogP contribution in [0, 0.1) is 5.92 Å². The van der Waals surface area contributed by atoms with Gasteiger partial charge in [-0.05, 0) is 49.1 Å². The lowest BCUT2D eigenvalue weighted by Gasteiger charge is -2.12. The van der Waals surface area contributed by atoms with Crippen molar-refractivity contribution in [2.45, 2.75) is 39.3 Å². The SMILES string of the molecule is CC(C)Cn1c(=O)c(C(=O)NC2CC2)cc2c(-c3ccc(Cl)cc3)n(-c3ccccc3Cl)nc21. The van der Waals surface area contributed by atoms with Crippen LogP contribution in [0.25, 0.3) is 28.0 Å². The van der Waals surface area contributed by atoms with Gasteiger partial charge in [0.15, 0.2) is 5.65 Å². The maximum Gasteiger partial charge on any atom is 0.265 e. The van der Waals surface area contributed by atoms with Gasteiger partial charge >= 0.3 is 0 Å². The molecule has 1 aliphatic rings. The predicted octanol–water partition coefficient (Wildman–Crippen LogP) is 5.71. The minimum absolute atomic E-state index is 0.119. The largest absolute Gasteiger partial charge is 0.349 e. The third-order valence-electron chi connectivity index (χ3n) is 5.83. The summed E-state index contributed by atoms with van der Waals surface area (Å²) in [5.74, 6) is -0.174. The van der Waals surface area contributed by atoms with Crippen molar-refractivity contribution in [3.05, 3.63) is 80.6 Å². The van der Waals surface area contributed by atoms with Gasteiger partial charge in [0.25, 0.3) is 11.5 Å². The highest BCUT2D eigenvalue weighted by atomic mass is 35.5. The van der Waals surface area contributed by atoms with E-state index in [0.717, 1.165) is 24.1 Å². The number of hydrogen-bond acceptors (Lipinski definition) is 3. The van der Waals surface area contributed by atoms with E-state index < -0.39 is 0 Å². The Balaban J connectivity index is 1.85. The van der Waals surface area contributed by atoms with Crippen molar-refractivity contribution in [2.24, 2.45) is 5.92 Å². The number of rotatable bonds is 6. The van der Waals surface area contributed by atoms with Gasteiger partial charge in [-0.1, -0.05) is 61.3 Å². The molecule has 6 nitrogen and oxygen atoms in total. The third-order valence-corrected chi connectivity index (χ3v) is 6.40. The van der Waals surface area contributed by atoms with E-state index in [2.05, 4.69) is 5.32 Å². The first-order chi connectivity index (χ1) is 16.3. The molecule has 0 unspecified atom stereocenters. The number of aromatic nitrogens is 3. The van der Waals surface area contributed by atoms with Crippen LogP contribution in [-0.2, 0) is 6.54 Å². The number of carbonyl (C=O) groups is 1. The highest BCUT2D eigenvalue weighted by molar-refractivity contribution is 6.32. The smallest absolute Gasteiger partial charge is 0.265 e. The van der Waals surface area contributed by atoms with Gasteiger partial charge < -0.3 is 5.32 Å². The van der Waals surface area contributed by atoms with Crippen LogP contribution < -0.4 is 10.9 Å². The summed E-state index contributed by atoms with van der Waals surface area (Å²) in [4.78, 5) is 26.5. The van der Waals surface area contributed by atoms with Crippen LogP contribution in [0.3, 0.4) is 0 Å². The molecule has 0 atom stereocenters. The molecule has 0 saturated heterocycles. The Hall–Kier alpha value is -3.09. The van der Waals surface area contributed by atoms with Crippen LogP contribution in [0.2, 0.25) is 10.0 Å². The molecule has 2 aromatic heterocycles. The van der Waals surface area contributed by atoms with Gasteiger partial charge in [-0.2, -0.15) is 0 Å². The molecule has 0 radical (unpaired) electrons. The fourth-order valence-corrected chi connectivity index (χ4v) is 4.41. The van der Waals surface area contributed by atoms with Crippen LogP contribution in [-0.4, -0.2) is 26.3 Å². The zero-order valence-electron chi connectivity index (χ0n) is 18.9. The van der Waals surface area contributed by atoms with E-state index in [1.54, 1.807) is 33.5 Å². The fourth-order valence-electron chi connectivity index (χ4n) is 4.07. The highest BCUT2D eigenvalue weighted by Gasteiger charge is 2.28. The number of amides is 1. The fraction of sp³-hybridized carbons (Fsp3) is 0.269. The molecular weight excluding hydrogens is 471 g/mol. The minimum atomic E-state index is -0.348. The van der Waals surface area contributed by atoms with Crippen LogP contribution in [0.15, 0.2) is 59.4 Å². The number of nitrogens with zero attached hydrogens (tertiary/aromatic N) is 3. The molecule has 2 heterocycles. The highest BCUT2D eigenvalue weighted by Crippen LogP contribution is 2.34. The Bertz CT molecular complexity index is 1450. The number of nitrogens with one attached hydrogen (secondary N) is 1. The lowest BCUT2D eigenvalue weighted by atomic mass is 10.1. The zero-order chi connectivity index (χ0) is 24.0. The van der Waals surface area contributed by atoms with Crippen molar-refractivity contribution >= 4 is 40.1 Å². The topological polar surface area (TPSA) is 68.9 Å². The van der Waals surface area contributed by atoms with Crippen molar-refractivity contribution in [3.8, 4) is 16.9 Å². The van der Waals surface area contributed by atoms with E-state index in [1.807, 2.05) is 44.2 Å². The first kappa shape index (κ1) is 22.7. The zero-order valence-corrected chi connectivity index (χ0v) is 20.4. The number of benzene rings is 2. The molecule has 5 rings (SSSR count). The standard InChI is InChI=1S/C26H24Cl2N4O2/c1-15(2)14-31-24-19(13-20(26(31)34)25(33)29-18-11-12-18)23(16-7-9-17(27)10-8-16)32(30-24)22-6-4-3-5-21(22)28/h3-10,13,15,18H,11-12,14H2,1-2H3,(H,29,33). The summed E-state index contributed by atoms with van der Waals surface area (Å²) in [6, 6.07) is 16.6. The molecule has 4 aromatic rings. The van der Waals surface area contributed by atoms with Crippen LogP contribution in [0.5, 0.6) is 0 Å². The molecule has 0 spiro atoms. The Morgan fingerprint density at radius 1 is 1.12 bits per heavy atom. The second-order valence-corrected chi connectivity index (χ2v) is 9.91. The summed E-state index contributed by atoms with van der Waals surface area (Å²) in [5.41, 5.74) is 2.54. The summed E-state index contributed by atoms with van der Waals surface area (Å²) in [5, 5.41) is 9.64. The quantitative estimate of drug-likeness (QED) is 0.373. The van der Waals surface area contributed by atoms with Crippen molar-refractivity contribution in [2.75, 3.05) is 0 Å². The first-order valence-electron chi connectivity index (χ1n) is 11.3. The van der Waals surface area contributed by atoms with Gasteiger partial charge in [0, 0.05) is 28.6 Å². The first-order valence-corrected chi connectivity index (χ1v) is 12.1. The Morgan fingerprint density at radius 3 is 2.47 bits per heavy atom. The molecule has 0 aliphatic heterocycles. The van der Waals surface area contributed by atoms with Gasteiger partial charge in [0.1, 0.15) is 5.56 Å². The third kappa shape index (κ3) is 4.24. The predicted molar refractivity (Wildman–Crippen MR) is 136 cm³/mol. The van der Waals surface area contributed by atoms with Crippen molar-refractivity contribution in [1.82, 2.24) is 19.7 Å². The molecule has 1 N–H and O–H groups in total. The summed E-state index contributed by atoms with van der Waals surface area (Å²) in [7, 11) is 0. The van der Waals surface area contributed by atoms with E-state index in [-0.39, 0.29) is 29.0 Å². The molecule has 174 valence electrons.